The Balaban J connectivity index is 1.97. The van der Waals surface area contributed by atoms with Crippen LogP contribution in [0.1, 0.15) is 0 Å². The van der Waals surface area contributed by atoms with Crippen LogP contribution in [0.2, 0.25) is 0 Å². The maximum Gasteiger partial charge on any atom is 0.278 e. The van der Waals surface area contributed by atoms with E-state index in [9.17, 15) is 8.42 Å². The third-order valence-electron chi connectivity index (χ3n) is 2.47. The van der Waals surface area contributed by atoms with Gasteiger partial charge in [-0.1, -0.05) is 0 Å². The Kier molecular flexibility index (Phi) is 2.57. The van der Waals surface area contributed by atoms with Crippen LogP contribution in [-0.2, 0) is 10.0 Å². The van der Waals surface area contributed by atoms with E-state index in [-0.39, 0.29) is 5.03 Å². The Morgan fingerprint density at radius 3 is 2.94 bits per heavy atom. The van der Waals surface area contributed by atoms with Gasteiger partial charge in [-0.25, -0.2) is 4.98 Å². The van der Waals surface area contributed by atoms with Gasteiger partial charge in [0.1, 0.15) is 0 Å². The number of aromatic nitrogens is 2. The van der Waals surface area contributed by atoms with Gasteiger partial charge in [-0.05, 0) is 35.0 Å². The number of H-pyrrole nitrogens is 1. The molecule has 2 aromatic heterocycles. The summed E-state index contributed by atoms with van der Waals surface area (Å²) >= 11 is 1.62. The van der Waals surface area contributed by atoms with E-state index in [0.29, 0.717) is 5.69 Å². The Hall–Kier alpha value is -1.86. The van der Waals surface area contributed by atoms with E-state index < -0.39 is 10.0 Å². The normalized spacial score (nSPS) is 11.8. The minimum absolute atomic E-state index is 0.0490. The molecule has 0 spiro atoms. The topological polar surface area (TPSA) is 74.8 Å². The average molecular weight is 279 g/mol. The lowest BCUT2D eigenvalue weighted by Gasteiger charge is -2.05. The highest BCUT2D eigenvalue weighted by Gasteiger charge is 2.15. The monoisotopic (exact) mass is 279 g/mol. The molecular formula is C11H9N3O2S2. The molecule has 5 nitrogen and oxygen atoms in total. The number of anilines is 1. The number of sulfonamides is 1. The van der Waals surface area contributed by atoms with Crippen LogP contribution in [0.25, 0.3) is 10.1 Å². The van der Waals surface area contributed by atoms with Gasteiger partial charge in [0.2, 0.25) is 0 Å². The number of imidazole rings is 1. The minimum Gasteiger partial charge on any atom is -0.334 e. The van der Waals surface area contributed by atoms with Crippen LogP contribution in [0, 0.1) is 0 Å². The molecule has 0 bridgehead atoms. The van der Waals surface area contributed by atoms with Crippen molar-refractivity contribution < 1.29 is 8.42 Å². The van der Waals surface area contributed by atoms with E-state index in [4.69, 9.17) is 0 Å². The maximum absolute atomic E-state index is 12.0. The molecule has 18 heavy (non-hydrogen) atoms. The van der Waals surface area contributed by atoms with Crippen LogP contribution in [0.4, 0.5) is 5.69 Å². The van der Waals surface area contributed by atoms with E-state index in [1.165, 1.54) is 12.5 Å². The summed E-state index contributed by atoms with van der Waals surface area (Å²) in [6.45, 7) is 0. The highest BCUT2D eigenvalue weighted by Crippen LogP contribution is 2.25. The summed E-state index contributed by atoms with van der Waals surface area (Å²) in [5, 5.41) is 3.04. The number of hydrogen-bond donors (Lipinski definition) is 2. The highest BCUT2D eigenvalue weighted by molar-refractivity contribution is 7.92. The molecule has 0 saturated heterocycles. The molecule has 1 aromatic carbocycles. The molecule has 0 unspecified atom stereocenters. The van der Waals surface area contributed by atoms with Crippen molar-refractivity contribution in [2.75, 3.05) is 4.72 Å². The average Bonchev–Trinajstić information content (AvgIpc) is 2.99. The summed E-state index contributed by atoms with van der Waals surface area (Å²) in [7, 11) is -3.59. The fourth-order valence-corrected chi connectivity index (χ4v) is 3.36. The van der Waals surface area contributed by atoms with Crippen molar-refractivity contribution >= 4 is 37.1 Å². The van der Waals surface area contributed by atoms with Crippen LogP contribution in [0.5, 0.6) is 0 Å². The van der Waals surface area contributed by atoms with E-state index in [1.54, 1.807) is 23.5 Å². The zero-order valence-corrected chi connectivity index (χ0v) is 10.8. The van der Waals surface area contributed by atoms with Crippen molar-refractivity contribution in [3.05, 3.63) is 42.2 Å². The molecule has 2 N–H and O–H groups in total. The molecule has 0 radical (unpaired) electrons. The Labute approximate surface area is 108 Å². The summed E-state index contributed by atoms with van der Waals surface area (Å²) < 4.78 is 27.5. The van der Waals surface area contributed by atoms with Gasteiger partial charge in [-0.3, -0.25) is 4.72 Å². The van der Waals surface area contributed by atoms with Crippen molar-refractivity contribution in [3.63, 3.8) is 0 Å². The van der Waals surface area contributed by atoms with Crippen molar-refractivity contribution in [2.45, 2.75) is 5.03 Å². The predicted octanol–water partition coefficient (Wildman–Crippen LogP) is 2.43. The second-order valence-corrected chi connectivity index (χ2v) is 6.29. The molecule has 0 fully saturated rings. The molecular weight excluding hydrogens is 270 g/mol. The van der Waals surface area contributed by atoms with Crippen molar-refractivity contribution in [2.24, 2.45) is 0 Å². The largest absolute Gasteiger partial charge is 0.334 e. The van der Waals surface area contributed by atoms with Gasteiger partial charge in [-0.15, -0.1) is 11.3 Å². The quantitative estimate of drug-likeness (QED) is 0.773. The summed E-state index contributed by atoms with van der Waals surface area (Å²) in [5.41, 5.74) is 0.538. The molecule has 92 valence electrons. The summed E-state index contributed by atoms with van der Waals surface area (Å²) in [4.78, 5) is 6.27. The van der Waals surface area contributed by atoms with Gasteiger partial charge in [0.15, 0.2) is 5.03 Å². The number of thiophene rings is 1. The van der Waals surface area contributed by atoms with Crippen LogP contribution < -0.4 is 4.72 Å². The van der Waals surface area contributed by atoms with Gasteiger partial charge < -0.3 is 4.98 Å². The number of rotatable bonds is 3. The van der Waals surface area contributed by atoms with Crippen LogP contribution in [-0.4, -0.2) is 18.4 Å². The van der Waals surface area contributed by atoms with E-state index in [2.05, 4.69) is 14.7 Å². The van der Waals surface area contributed by atoms with Gasteiger partial charge in [0.05, 0.1) is 12.5 Å². The summed E-state index contributed by atoms with van der Waals surface area (Å²) in [5.74, 6) is 0. The fraction of sp³-hybridized carbons (Fsp3) is 0. The smallest absolute Gasteiger partial charge is 0.278 e. The Morgan fingerprint density at radius 2 is 2.17 bits per heavy atom. The lowest BCUT2D eigenvalue weighted by molar-refractivity contribution is 0.598. The first-order valence-electron chi connectivity index (χ1n) is 5.14. The first-order chi connectivity index (χ1) is 8.65. The zero-order chi connectivity index (χ0) is 12.6. The van der Waals surface area contributed by atoms with E-state index >= 15 is 0 Å². The fourth-order valence-electron chi connectivity index (χ4n) is 1.63. The number of fused-ring (bicyclic) bond motifs is 1. The second-order valence-electron chi connectivity index (χ2n) is 3.69. The first kappa shape index (κ1) is 11.2. The number of hydrogen-bond acceptors (Lipinski definition) is 4. The molecule has 2 heterocycles. The maximum atomic E-state index is 12.0. The van der Waals surface area contributed by atoms with Crippen LogP contribution in [0.15, 0.2) is 47.2 Å². The molecule has 0 saturated carbocycles. The summed E-state index contributed by atoms with van der Waals surface area (Å²) in [6, 6.07) is 7.39. The number of benzene rings is 1. The summed E-state index contributed by atoms with van der Waals surface area (Å²) in [6.07, 6.45) is 2.60. The SMILES string of the molecule is O=S(=O)(Nc1ccc2sccc2c1)c1cnc[nH]1. The molecule has 0 aliphatic carbocycles. The minimum atomic E-state index is -3.59. The van der Waals surface area contributed by atoms with Gasteiger partial charge >= 0.3 is 0 Å². The van der Waals surface area contributed by atoms with E-state index in [1.807, 2.05) is 17.5 Å². The van der Waals surface area contributed by atoms with Crippen LogP contribution in [0.3, 0.4) is 0 Å². The molecule has 3 rings (SSSR count). The van der Waals surface area contributed by atoms with Gasteiger partial charge in [-0.2, -0.15) is 8.42 Å². The molecule has 0 aliphatic heterocycles. The van der Waals surface area contributed by atoms with Gasteiger partial charge in [0, 0.05) is 10.4 Å². The molecule has 0 aliphatic rings. The second kappa shape index (κ2) is 4.11. The highest BCUT2D eigenvalue weighted by atomic mass is 32.2. The number of nitrogens with one attached hydrogen (secondary N) is 2. The molecule has 3 aromatic rings. The number of aromatic amines is 1. The molecule has 0 atom stereocenters. The first-order valence-corrected chi connectivity index (χ1v) is 7.50. The third-order valence-corrected chi connectivity index (χ3v) is 4.67. The number of nitrogens with zero attached hydrogens (tertiary/aromatic N) is 1. The third kappa shape index (κ3) is 1.98. The van der Waals surface area contributed by atoms with Gasteiger partial charge in [0.25, 0.3) is 10.0 Å². The van der Waals surface area contributed by atoms with Crippen molar-refractivity contribution in [1.82, 2.24) is 9.97 Å². The van der Waals surface area contributed by atoms with E-state index in [0.717, 1.165) is 10.1 Å². The molecule has 7 heteroatoms. The Morgan fingerprint density at radius 1 is 1.28 bits per heavy atom. The molecule has 0 amide bonds. The standard InChI is InChI=1S/C11H9N3O2S2/c15-18(16,11-6-12-7-13-11)14-9-1-2-10-8(5-9)3-4-17-10/h1-7,14H,(H,12,13). The lowest BCUT2D eigenvalue weighted by atomic mass is 10.2. The van der Waals surface area contributed by atoms with Crippen LogP contribution >= 0.6 is 11.3 Å². The van der Waals surface area contributed by atoms with Crippen molar-refractivity contribution in [1.29, 1.82) is 0 Å². The zero-order valence-electron chi connectivity index (χ0n) is 9.12. The van der Waals surface area contributed by atoms with Crippen molar-refractivity contribution in [3.8, 4) is 0 Å². The lowest BCUT2D eigenvalue weighted by Crippen LogP contribution is -2.13. The predicted molar refractivity (Wildman–Crippen MR) is 71.2 cm³/mol. The Bertz CT molecular complexity index is 776.